The summed E-state index contributed by atoms with van der Waals surface area (Å²) in [7, 11) is 0. The molecule has 0 aliphatic heterocycles. The smallest absolute Gasteiger partial charge is 0.319 e. The van der Waals surface area contributed by atoms with Crippen LogP contribution < -0.4 is 10.6 Å². The highest BCUT2D eigenvalue weighted by Gasteiger charge is 2.09. The van der Waals surface area contributed by atoms with Gasteiger partial charge in [-0.25, -0.2) is 9.78 Å². The second kappa shape index (κ2) is 7.61. The molecule has 0 radical (unpaired) electrons. The summed E-state index contributed by atoms with van der Waals surface area (Å²) in [5.74, 6) is 1.27. The molecule has 0 bridgehead atoms. The fraction of sp³-hybridized carbons (Fsp3) is 0.375. The maximum atomic E-state index is 11.9. The summed E-state index contributed by atoms with van der Waals surface area (Å²) < 4.78 is 5.48. The number of rotatable bonds is 6. The summed E-state index contributed by atoms with van der Waals surface area (Å²) >= 11 is 0. The second-order valence-corrected chi connectivity index (χ2v) is 5.22. The molecule has 1 aromatic heterocycles. The van der Waals surface area contributed by atoms with Gasteiger partial charge in [-0.15, -0.1) is 0 Å². The molecular formula is C16H21N3O3. The predicted molar refractivity (Wildman–Crippen MR) is 84.6 cm³/mol. The number of anilines is 1. The Hall–Kier alpha value is -2.34. The third-order valence-electron chi connectivity index (χ3n) is 3.16. The lowest BCUT2D eigenvalue weighted by Gasteiger charge is -2.14. The van der Waals surface area contributed by atoms with Crippen molar-refractivity contribution in [3.8, 4) is 11.5 Å². The van der Waals surface area contributed by atoms with Crippen LogP contribution in [0.4, 0.5) is 10.5 Å². The van der Waals surface area contributed by atoms with Crippen molar-refractivity contribution < 1.29 is 14.3 Å². The van der Waals surface area contributed by atoms with Crippen molar-refractivity contribution >= 4 is 11.7 Å². The Balaban J connectivity index is 1.97. The van der Waals surface area contributed by atoms with Crippen LogP contribution in [0.2, 0.25) is 0 Å². The molecule has 2 rings (SSSR count). The Morgan fingerprint density at radius 1 is 1.45 bits per heavy atom. The molecule has 22 heavy (non-hydrogen) atoms. The molecule has 0 fully saturated rings. The van der Waals surface area contributed by atoms with E-state index in [0.29, 0.717) is 18.0 Å². The number of aromatic nitrogens is 1. The van der Waals surface area contributed by atoms with E-state index >= 15 is 0 Å². The van der Waals surface area contributed by atoms with Gasteiger partial charge in [-0.2, -0.15) is 0 Å². The lowest BCUT2D eigenvalue weighted by molar-refractivity contribution is 0.245. The third-order valence-corrected chi connectivity index (χ3v) is 3.16. The van der Waals surface area contributed by atoms with Crippen molar-refractivity contribution in [2.75, 3.05) is 11.9 Å². The number of carbonyl (C=O) groups excluding carboxylic acids is 1. The predicted octanol–water partition coefficient (Wildman–Crippen LogP) is 2.93. The Morgan fingerprint density at radius 2 is 2.27 bits per heavy atom. The molecule has 1 atom stereocenters. The molecule has 6 nitrogen and oxygen atoms in total. The summed E-state index contributed by atoms with van der Waals surface area (Å²) in [6.07, 6.45) is 3.06. The highest BCUT2D eigenvalue weighted by Crippen LogP contribution is 2.22. The molecule has 0 saturated carbocycles. The molecule has 3 N–H and O–H groups in total. The standard InChI is InChI=1S/C16H21N3O3/c1-11(5-4-8-20)18-16(21)19-14-7-3-6-13(9-14)15-17-10-12(2)22-15/h3,6-7,9-11,20H,4-5,8H2,1-2H3,(H2,18,19,21). The maximum absolute atomic E-state index is 11.9. The number of nitrogens with zero attached hydrogens (tertiary/aromatic N) is 1. The summed E-state index contributed by atoms with van der Waals surface area (Å²) in [4.78, 5) is 16.1. The minimum atomic E-state index is -0.272. The Morgan fingerprint density at radius 3 is 2.95 bits per heavy atom. The monoisotopic (exact) mass is 303 g/mol. The number of nitrogens with one attached hydrogen (secondary N) is 2. The quantitative estimate of drug-likeness (QED) is 0.765. The molecule has 0 aliphatic rings. The maximum Gasteiger partial charge on any atom is 0.319 e. The van der Waals surface area contributed by atoms with Crippen molar-refractivity contribution in [2.45, 2.75) is 32.7 Å². The Kier molecular flexibility index (Phi) is 5.55. The van der Waals surface area contributed by atoms with E-state index in [0.717, 1.165) is 17.7 Å². The number of urea groups is 1. The van der Waals surface area contributed by atoms with Gasteiger partial charge in [0.2, 0.25) is 5.89 Å². The van der Waals surface area contributed by atoms with E-state index in [1.165, 1.54) is 0 Å². The zero-order chi connectivity index (χ0) is 15.9. The highest BCUT2D eigenvalue weighted by atomic mass is 16.4. The number of aliphatic hydroxyl groups excluding tert-OH is 1. The highest BCUT2D eigenvalue weighted by molar-refractivity contribution is 5.90. The molecule has 0 aliphatic carbocycles. The third kappa shape index (κ3) is 4.60. The van der Waals surface area contributed by atoms with E-state index in [-0.39, 0.29) is 18.7 Å². The first-order valence-corrected chi connectivity index (χ1v) is 7.29. The van der Waals surface area contributed by atoms with Crippen LogP contribution in [0.25, 0.3) is 11.5 Å². The average molecular weight is 303 g/mol. The van der Waals surface area contributed by atoms with Crippen LogP contribution >= 0.6 is 0 Å². The van der Waals surface area contributed by atoms with Crippen LogP contribution in [0, 0.1) is 6.92 Å². The number of carbonyl (C=O) groups is 1. The van der Waals surface area contributed by atoms with E-state index in [1.807, 2.05) is 32.0 Å². The zero-order valence-corrected chi connectivity index (χ0v) is 12.8. The van der Waals surface area contributed by atoms with Gasteiger partial charge in [-0.05, 0) is 44.9 Å². The van der Waals surface area contributed by atoms with Gasteiger partial charge in [0.15, 0.2) is 0 Å². The Labute approximate surface area is 129 Å². The van der Waals surface area contributed by atoms with Crippen LogP contribution in [-0.2, 0) is 0 Å². The molecule has 118 valence electrons. The molecule has 0 saturated heterocycles. The van der Waals surface area contributed by atoms with Crippen molar-refractivity contribution in [1.29, 1.82) is 0 Å². The minimum Gasteiger partial charge on any atom is -0.441 e. The lowest BCUT2D eigenvalue weighted by atomic mass is 10.2. The van der Waals surface area contributed by atoms with E-state index in [9.17, 15) is 4.79 Å². The van der Waals surface area contributed by atoms with E-state index in [4.69, 9.17) is 9.52 Å². The van der Waals surface area contributed by atoms with Gasteiger partial charge >= 0.3 is 6.03 Å². The SMILES string of the molecule is Cc1cnc(-c2cccc(NC(=O)NC(C)CCCO)c2)o1. The van der Waals surface area contributed by atoms with Crippen molar-refractivity contribution in [1.82, 2.24) is 10.3 Å². The first-order chi connectivity index (χ1) is 10.6. The van der Waals surface area contributed by atoms with E-state index < -0.39 is 0 Å². The summed E-state index contributed by atoms with van der Waals surface area (Å²) in [5.41, 5.74) is 1.47. The van der Waals surface area contributed by atoms with Crippen LogP contribution in [0.5, 0.6) is 0 Å². The topological polar surface area (TPSA) is 87.4 Å². The normalized spacial score (nSPS) is 12.0. The molecule has 2 aromatic rings. The van der Waals surface area contributed by atoms with Gasteiger partial charge in [0.25, 0.3) is 0 Å². The van der Waals surface area contributed by atoms with Gasteiger partial charge in [0.1, 0.15) is 5.76 Å². The van der Waals surface area contributed by atoms with Gasteiger partial charge in [0.05, 0.1) is 6.20 Å². The van der Waals surface area contributed by atoms with Crippen molar-refractivity contribution in [3.63, 3.8) is 0 Å². The lowest BCUT2D eigenvalue weighted by Crippen LogP contribution is -2.36. The molecular weight excluding hydrogens is 282 g/mol. The molecule has 2 amide bonds. The minimum absolute atomic E-state index is 0.00437. The number of oxazole rings is 1. The fourth-order valence-electron chi connectivity index (χ4n) is 2.08. The summed E-state index contributed by atoms with van der Waals surface area (Å²) in [6.45, 7) is 3.87. The average Bonchev–Trinajstić information content (AvgIpc) is 2.92. The van der Waals surface area contributed by atoms with Crippen LogP contribution in [0.3, 0.4) is 0 Å². The molecule has 0 spiro atoms. The number of aliphatic hydroxyl groups is 1. The van der Waals surface area contributed by atoms with Crippen LogP contribution in [0.15, 0.2) is 34.9 Å². The number of amides is 2. The number of hydrogen-bond donors (Lipinski definition) is 3. The van der Waals surface area contributed by atoms with Crippen LogP contribution in [0.1, 0.15) is 25.5 Å². The fourth-order valence-corrected chi connectivity index (χ4v) is 2.08. The largest absolute Gasteiger partial charge is 0.441 e. The molecule has 6 heteroatoms. The van der Waals surface area contributed by atoms with E-state index in [1.54, 1.807) is 12.3 Å². The van der Waals surface area contributed by atoms with Crippen molar-refractivity contribution in [3.05, 3.63) is 36.2 Å². The van der Waals surface area contributed by atoms with Gasteiger partial charge < -0.3 is 20.2 Å². The number of hydrogen-bond acceptors (Lipinski definition) is 4. The van der Waals surface area contributed by atoms with Gasteiger partial charge in [0, 0.05) is 23.9 Å². The van der Waals surface area contributed by atoms with Crippen molar-refractivity contribution in [2.24, 2.45) is 0 Å². The van der Waals surface area contributed by atoms with E-state index in [2.05, 4.69) is 15.6 Å². The first kappa shape index (κ1) is 16.0. The second-order valence-electron chi connectivity index (χ2n) is 5.22. The van der Waals surface area contributed by atoms with Gasteiger partial charge in [-0.1, -0.05) is 6.07 Å². The summed E-state index contributed by atoms with van der Waals surface area (Å²) in [6, 6.07) is 7.05. The zero-order valence-electron chi connectivity index (χ0n) is 12.8. The molecule has 1 unspecified atom stereocenters. The number of aryl methyl sites for hydroxylation is 1. The summed E-state index contributed by atoms with van der Waals surface area (Å²) in [5, 5.41) is 14.4. The molecule has 1 aromatic carbocycles. The molecule has 1 heterocycles. The van der Waals surface area contributed by atoms with Crippen LogP contribution in [-0.4, -0.2) is 28.8 Å². The number of benzene rings is 1. The first-order valence-electron chi connectivity index (χ1n) is 7.29. The Bertz CT molecular complexity index is 625. The van der Waals surface area contributed by atoms with Gasteiger partial charge in [-0.3, -0.25) is 0 Å².